The summed E-state index contributed by atoms with van der Waals surface area (Å²) in [5, 5.41) is 29.1. The number of aliphatic hydroxyl groups is 3. The normalized spacial score (nSPS) is 30.6. The number of anilines is 1. The van der Waals surface area contributed by atoms with Crippen molar-refractivity contribution in [2.24, 2.45) is 5.92 Å². The third-order valence-corrected chi connectivity index (χ3v) is 5.27. The fourth-order valence-electron chi connectivity index (χ4n) is 3.74. The number of aliphatic hydroxyl groups excluding tert-OH is 3. The first-order valence-corrected chi connectivity index (χ1v) is 8.70. The van der Waals surface area contributed by atoms with E-state index >= 15 is 0 Å². The molecule has 0 aliphatic carbocycles. The molecule has 0 aromatic heterocycles. The molecule has 0 amide bonds. The zero-order valence-corrected chi connectivity index (χ0v) is 13.6. The van der Waals surface area contributed by atoms with E-state index in [1.54, 1.807) is 0 Å². The van der Waals surface area contributed by atoms with Crippen LogP contribution in [0.3, 0.4) is 0 Å². The predicted molar refractivity (Wildman–Crippen MR) is 90.5 cm³/mol. The highest BCUT2D eigenvalue weighted by Gasteiger charge is 2.33. The number of likely N-dealkylation sites (tertiary alicyclic amines) is 1. The van der Waals surface area contributed by atoms with E-state index in [0.29, 0.717) is 19.0 Å². The van der Waals surface area contributed by atoms with Crippen LogP contribution in [0, 0.1) is 5.92 Å². The summed E-state index contributed by atoms with van der Waals surface area (Å²) in [5.74, 6) is 0.705. The molecule has 5 nitrogen and oxygen atoms in total. The summed E-state index contributed by atoms with van der Waals surface area (Å²) in [7, 11) is 0. The Morgan fingerprint density at radius 1 is 0.913 bits per heavy atom. The molecule has 23 heavy (non-hydrogen) atoms. The van der Waals surface area contributed by atoms with Gasteiger partial charge >= 0.3 is 0 Å². The molecule has 0 bridgehead atoms. The first-order chi connectivity index (χ1) is 11.1. The number of rotatable bonds is 4. The van der Waals surface area contributed by atoms with Crippen molar-refractivity contribution in [2.75, 3.05) is 37.6 Å². The average Bonchev–Trinajstić information content (AvgIpc) is 2.59. The number of piperidine rings is 2. The van der Waals surface area contributed by atoms with Crippen LogP contribution in [0.5, 0.6) is 0 Å². The van der Waals surface area contributed by atoms with Crippen LogP contribution in [0.4, 0.5) is 5.69 Å². The Kier molecular flexibility index (Phi) is 5.54. The number of benzene rings is 1. The molecule has 2 saturated heterocycles. The van der Waals surface area contributed by atoms with Crippen LogP contribution in [0.1, 0.15) is 19.3 Å². The molecule has 128 valence electrons. The second-order valence-corrected chi connectivity index (χ2v) is 6.94. The van der Waals surface area contributed by atoms with Crippen molar-refractivity contribution in [1.29, 1.82) is 0 Å². The minimum atomic E-state index is -1.000. The molecule has 3 atom stereocenters. The first-order valence-electron chi connectivity index (χ1n) is 8.70. The molecule has 3 N–H and O–H groups in total. The van der Waals surface area contributed by atoms with Gasteiger partial charge in [0.05, 0.1) is 12.2 Å². The summed E-state index contributed by atoms with van der Waals surface area (Å²) >= 11 is 0. The molecule has 2 fully saturated rings. The summed E-state index contributed by atoms with van der Waals surface area (Å²) in [4.78, 5) is 4.52. The Morgan fingerprint density at radius 2 is 1.52 bits per heavy atom. The monoisotopic (exact) mass is 320 g/mol. The van der Waals surface area contributed by atoms with Crippen LogP contribution < -0.4 is 4.90 Å². The summed E-state index contributed by atoms with van der Waals surface area (Å²) < 4.78 is 0. The average molecular weight is 320 g/mol. The number of β-amino-alcohol motifs (C(OH)–C–C–N with tert-alkyl or cyclic N) is 2. The van der Waals surface area contributed by atoms with E-state index in [9.17, 15) is 15.3 Å². The number of hydrogen-bond acceptors (Lipinski definition) is 5. The third-order valence-electron chi connectivity index (χ3n) is 5.27. The summed E-state index contributed by atoms with van der Waals surface area (Å²) in [6.07, 6.45) is 0.808. The predicted octanol–water partition coefficient (Wildman–Crippen LogP) is 0.691. The molecule has 0 radical (unpaired) electrons. The fourth-order valence-corrected chi connectivity index (χ4v) is 3.74. The van der Waals surface area contributed by atoms with E-state index in [-0.39, 0.29) is 0 Å². The van der Waals surface area contributed by atoms with E-state index in [1.807, 2.05) is 0 Å². The van der Waals surface area contributed by atoms with Crippen molar-refractivity contribution in [3.05, 3.63) is 30.3 Å². The maximum absolute atomic E-state index is 9.76. The lowest BCUT2D eigenvalue weighted by atomic mass is 9.92. The van der Waals surface area contributed by atoms with Gasteiger partial charge in [-0.15, -0.1) is 0 Å². The third kappa shape index (κ3) is 4.23. The molecule has 0 saturated carbocycles. The van der Waals surface area contributed by atoms with Gasteiger partial charge in [0.25, 0.3) is 0 Å². The molecule has 3 rings (SSSR count). The molecular formula is C18H28N2O3. The Labute approximate surface area is 138 Å². The van der Waals surface area contributed by atoms with Crippen molar-refractivity contribution < 1.29 is 15.3 Å². The van der Waals surface area contributed by atoms with Crippen LogP contribution in [0.25, 0.3) is 0 Å². The van der Waals surface area contributed by atoms with Crippen LogP contribution in [0.15, 0.2) is 30.3 Å². The Balaban J connectivity index is 1.41. The first kappa shape index (κ1) is 16.7. The van der Waals surface area contributed by atoms with Gasteiger partial charge in [-0.25, -0.2) is 0 Å². The van der Waals surface area contributed by atoms with Gasteiger partial charge in [-0.3, -0.25) is 4.90 Å². The molecule has 1 aromatic rings. The molecule has 2 heterocycles. The van der Waals surface area contributed by atoms with E-state index in [1.165, 1.54) is 18.5 Å². The summed E-state index contributed by atoms with van der Waals surface area (Å²) in [5.41, 5.74) is 1.31. The highest BCUT2D eigenvalue weighted by atomic mass is 16.4. The minimum absolute atomic E-state index is 0.459. The molecule has 5 heteroatoms. The largest absolute Gasteiger partial charge is 0.389 e. The van der Waals surface area contributed by atoms with Gasteiger partial charge in [-0.05, 0) is 43.9 Å². The van der Waals surface area contributed by atoms with Crippen molar-refractivity contribution in [3.63, 3.8) is 0 Å². The maximum Gasteiger partial charge on any atom is 0.108 e. The fraction of sp³-hybridized carbons (Fsp3) is 0.667. The van der Waals surface area contributed by atoms with E-state index < -0.39 is 18.3 Å². The van der Waals surface area contributed by atoms with Crippen LogP contribution in [-0.4, -0.2) is 71.3 Å². The summed E-state index contributed by atoms with van der Waals surface area (Å²) in [6, 6.07) is 10.6. The van der Waals surface area contributed by atoms with Gasteiger partial charge in [0, 0.05) is 31.9 Å². The minimum Gasteiger partial charge on any atom is -0.389 e. The molecule has 0 spiro atoms. The van der Waals surface area contributed by atoms with Gasteiger partial charge in [0.1, 0.15) is 6.10 Å². The smallest absolute Gasteiger partial charge is 0.108 e. The van der Waals surface area contributed by atoms with Crippen molar-refractivity contribution >= 4 is 5.69 Å². The van der Waals surface area contributed by atoms with Crippen LogP contribution in [0.2, 0.25) is 0 Å². The van der Waals surface area contributed by atoms with Gasteiger partial charge in [0.2, 0.25) is 0 Å². The van der Waals surface area contributed by atoms with E-state index in [4.69, 9.17) is 0 Å². The Morgan fingerprint density at radius 3 is 2.13 bits per heavy atom. The van der Waals surface area contributed by atoms with Gasteiger partial charge in [-0.2, -0.15) is 0 Å². The van der Waals surface area contributed by atoms with Crippen molar-refractivity contribution in [1.82, 2.24) is 4.90 Å². The van der Waals surface area contributed by atoms with Gasteiger partial charge in [-0.1, -0.05) is 18.2 Å². The van der Waals surface area contributed by atoms with Crippen molar-refractivity contribution in [3.8, 4) is 0 Å². The van der Waals surface area contributed by atoms with Crippen LogP contribution >= 0.6 is 0 Å². The number of nitrogens with zero attached hydrogens (tertiary/aromatic N) is 2. The lowest BCUT2D eigenvalue weighted by molar-refractivity contribution is -0.110. The van der Waals surface area contributed by atoms with Gasteiger partial charge < -0.3 is 20.2 Å². The zero-order chi connectivity index (χ0) is 16.2. The van der Waals surface area contributed by atoms with E-state index in [0.717, 1.165) is 26.1 Å². The van der Waals surface area contributed by atoms with Crippen LogP contribution in [-0.2, 0) is 0 Å². The zero-order valence-electron chi connectivity index (χ0n) is 13.6. The highest BCUT2D eigenvalue weighted by Crippen LogP contribution is 2.25. The summed E-state index contributed by atoms with van der Waals surface area (Å²) in [6.45, 7) is 4.00. The van der Waals surface area contributed by atoms with E-state index in [2.05, 4.69) is 40.1 Å². The number of hydrogen-bond donors (Lipinski definition) is 3. The molecule has 2 aliphatic rings. The lowest BCUT2D eigenvalue weighted by Gasteiger charge is -2.38. The molecular weight excluding hydrogens is 292 g/mol. The molecule has 2 aliphatic heterocycles. The van der Waals surface area contributed by atoms with Crippen molar-refractivity contribution in [2.45, 2.75) is 37.6 Å². The number of para-hydroxylation sites is 1. The standard InChI is InChI=1S/C18H28N2O3/c21-16-12-19(13-17(22)18(16)23)9-6-14-7-10-20(11-8-14)15-4-2-1-3-5-15/h1-5,14,16-18,21-23H,6-13H2/t16-,17+,18?. The highest BCUT2D eigenvalue weighted by molar-refractivity contribution is 5.46. The maximum atomic E-state index is 9.76. The Hall–Kier alpha value is -1.14. The molecule has 1 aromatic carbocycles. The Bertz CT molecular complexity index is 464. The second-order valence-electron chi connectivity index (χ2n) is 6.94. The quantitative estimate of drug-likeness (QED) is 0.762. The lowest BCUT2D eigenvalue weighted by Crippen LogP contribution is -2.55. The second kappa shape index (κ2) is 7.62. The molecule has 1 unspecified atom stereocenters. The topological polar surface area (TPSA) is 67.2 Å². The SMILES string of the molecule is OC1[C@H](O)CN(CCC2CCN(c3ccccc3)CC2)C[C@@H]1O. The van der Waals surface area contributed by atoms with Gasteiger partial charge in [0.15, 0.2) is 0 Å².